The molecule has 2 rings (SSSR count). The number of carboxylic acid groups (broad SMARTS) is 1. The fraction of sp³-hybridized carbons (Fsp3) is 0.846. The van der Waals surface area contributed by atoms with Gasteiger partial charge >= 0.3 is 5.97 Å². The number of hydrogen-bond acceptors (Lipinski definition) is 4. The molecule has 1 amide bonds. The van der Waals surface area contributed by atoms with Crippen molar-refractivity contribution in [3.8, 4) is 0 Å². The van der Waals surface area contributed by atoms with E-state index >= 15 is 0 Å². The Morgan fingerprint density at radius 3 is 2.68 bits per heavy atom. The van der Waals surface area contributed by atoms with Gasteiger partial charge in [-0.1, -0.05) is 0 Å². The molecule has 0 aromatic rings. The normalized spacial score (nSPS) is 28.2. The molecule has 2 fully saturated rings. The molecule has 0 radical (unpaired) electrons. The molecule has 0 aliphatic carbocycles. The van der Waals surface area contributed by atoms with E-state index in [9.17, 15) is 9.59 Å². The molecule has 19 heavy (non-hydrogen) atoms. The Kier molecular flexibility index (Phi) is 5.15. The van der Waals surface area contributed by atoms with Crippen molar-refractivity contribution in [1.82, 2.24) is 10.6 Å². The zero-order valence-corrected chi connectivity index (χ0v) is 11.1. The molecule has 2 unspecified atom stereocenters. The van der Waals surface area contributed by atoms with Crippen LogP contribution in [0.5, 0.6) is 0 Å². The van der Waals surface area contributed by atoms with Crippen molar-refractivity contribution in [3.05, 3.63) is 0 Å². The van der Waals surface area contributed by atoms with Gasteiger partial charge in [-0.05, 0) is 38.3 Å². The Bertz CT molecular complexity index is 329. The van der Waals surface area contributed by atoms with Crippen molar-refractivity contribution in [2.24, 2.45) is 11.8 Å². The van der Waals surface area contributed by atoms with Crippen molar-refractivity contribution < 1.29 is 19.4 Å². The van der Waals surface area contributed by atoms with E-state index in [-0.39, 0.29) is 18.6 Å². The lowest BCUT2D eigenvalue weighted by molar-refractivity contribution is -0.142. The summed E-state index contributed by atoms with van der Waals surface area (Å²) < 4.78 is 5.12. The number of ether oxygens (including phenoxy) is 1. The van der Waals surface area contributed by atoms with Crippen LogP contribution in [0.2, 0.25) is 0 Å². The first kappa shape index (κ1) is 14.3. The fourth-order valence-corrected chi connectivity index (χ4v) is 2.72. The summed E-state index contributed by atoms with van der Waals surface area (Å²) in [6.07, 6.45) is 3.61. The zero-order chi connectivity index (χ0) is 13.7. The van der Waals surface area contributed by atoms with E-state index in [1.165, 1.54) is 0 Å². The predicted octanol–water partition coefficient (Wildman–Crippen LogP) is -0.0180. The van der Waals surface area contributed by atoms with Gasteiger partial charge in [0.2, 0.25) is 5.91 Å². The second-order valence-electron chi connectivity index (χ2n) is 5.39. The van der Waals surface area contributed by atoms with E-state index in [1.54, 1.807) is 0 Å². The van der Waals surface area contributed by atoms with Gasteiger partial charge in [-0.25, -0.2) is 0 Å². The summed E-state index contributed by atoms with van der Waals surface area (Å²) in [5, 5.41) is 15.1. The maximum absolute atomic E-state index is 11.8. The van der Waals surface area contributed by atoms with Crippen LogP contribution in [0.3, 0.4) is 0 Å². The lowest BCUT2D eigenvalue weighted by Gasteiger charge is -2.22. The molecule has 0 spiro atoms. The predicted molar refractivity (Wildman–Crippen MR) is 68.7 cm³/mol. The molecule has 2 heterocycles. The first-order chi connectivity index (χ1) is 9.16. The van der Waals surface area contributed by atoms with Gasteiger partial charge in [0.1, 0.15) is 5.92 Å². The zero-order valence-electron chi connectivity index (χ0n) is 11.1. The van der Waals surface area contributed by atoms with Crippen LogP contribution >= 0.6 is 0 Å². The van der Waals surface area contributed by atoms with Crippen molar-refractivity contribution in [1.29, 1.82) is 0 Å². The van der Waals surface area contributed by atoms with Gasteiger partial charge in [0.25, 0.3) is 0 Å². The molecule has 2 saturated heterocycles. The van der Waals surface area contributed by atoms with Crippen LogP contribution in [0.1, 0.15) is 25.7 Å². The minimum Gasteiger partial charge on any atom is -0.481 e. The first-order valence-electron chi connectivity index (χ1n) is 6.97. The average Bonchev–Trinajstić information content (AvgIpc) is 2.86. The number of carboxylic acids is 1. The van der Waals surface area contributed by atoms with E-state index in [0.717, 1.165) is 32.4 Å². The lowest BCUT2D eigenvalue weighted by atomic mass is 9.93. The topological polar surface area (TPSA) is 87.7 Å². The first-order valence-corrected chi connectivity index (χ1v) is 6.97. The van der Waals surface area contributed by atoms with Gasteiger partial charge in [-0.2, -0.15) is 0 Å². The van der Waals surface area contributed by atoms with E-state index in [2.05, 4.69) is 10.6 Å². The maximum Gasteiger partial charge on any atom is 0.311 e. The van der Waals surface area contributed by atoms with Gasteiger partial charge in [0.05, 0.1) is 19.3 Å². The van der Waals surface area contributed by atoms with Gasteiger partial charge in [-0.15, -0.1) is 0 Å². The Morgan fingerprint density at radius 1 is 1.26 bits per heavy atom. The third-order valence-corrected chi connectivity index (χ3v) is 3.98. The molecule has 2 atom stereocenters. The minimum atomic E-state index is -0.902. The van der Waals surface area contributed by atoms with Crippen LogP contribution in [0.15, 0.2) is 0 Å². The van der Waals surface area contributed by atoms with Gasteiger partial charge in [-0.3, -0.25) is 9.59 Å². The van der Waals surface area contributed by atoms with E-state index in [4.69, 9.17) is 9.84 Å². The molecule has 0 aromatic heterocycles. The minimum absolute atomic E-state index is 0.0553. The van der Waals surface area contributed by atoms with Gasteiger partial charge in [0, 0.05) is 6.42 Å². The van der Waals surface area contributed by atoms with Gasteiger partial charge in [0.15, 0.2) is 0 Å². The van der Waals surface area contributed by atoms with Crippen LogP contribution in [0, 0.1) is 11.8 Å². The SMILES string of the molecule is O=C(CCC1CCNCC1)NC1COCC1C(=O)O. The summed E-state index contributed by atoms with van der Waals surface area (Å²) >= 11 is 0. The summed E-state index contributed by atoms with van der Waals surface area (Å²) in [7, 11) is 0. The Hall–Kier alpha value is -1.14. The lowest BCUT2D eigenvalue weighted by Crippen LogP contribution is -2.42. The Morgan fingerprint density at radius 2 is 2.00 bits per heavy atom. The molecule has 108 valence electrons. The molecule has 6 nitrogen and oxygen atoms in total. The number of piperidine rings is 1. The molecule has 0 bridgehead atoms. The number of rotatable bonds is 5. The number of nitrogens with one attached hydrogen (secondary N) is 2. The van der Waals surface area contributed by atoms with E-state index in [1.807, 2.05) is 0 Å². The highest BCUT2D eigenvalue weighted by Gasteiger charge is 2.34. The molecular weight excluding hydrogens is 248 g/mol. The number of aliphatic carboxylic acids is 1. The summed E-state index contributed by atoms with van der Waals surface area (Å²) in [6.45, 7) is 2.55. The van der Waals surface area contributed by atoms with E-state index in [0.29, 0.717) is 18.9 Å². The number of carbonyl (C=O) groups is 2. The van der Waals surface area contributed by atoms with Crippen LogP contribution in [-0.2, 0) is 14.3 Å². The smallest absolute Gasteiger partial charge is 0.311 e. The number of carbonyl (C=O) groups excluding carboxylic acids is 1. The highest BCUT2D eigenvalue weighted by molar-refractivity contribution is 5.78. The second-order valence-corrected chi connectivity index (χ2v) is 5.39. The molecule has 6 heteroatoms. The van der Waals surface area contributed by atoms with Gasteiger partial charge < -0.3 is 20.5 Å². The van der Waals surface area contributed by atoms with Crippen LogP contribution in [0.25, 0.3) is 0 Å². The monoisotopic (exact) mass is 270 g/mol. The van der Waals surface area contributed by atoms with Crippen molar-refractivity contribution in [2.45, 2.75) is 31.7 Å². The highest BCUT2D eigenvalue weighted by Crippen LogP contribution is 2.18. The van der Waals surface area contributed by atoms with E-state index < -0.39 is 11.9 Å². The second kappa shape index (κ2) is 6.86. The number of amides is 1. The summed E-state index contributed by atoms with van der Waals surface area (Å²) in [5.41, 5.74) is 0. The maximum atomic E-state index is 11.8. The summed E-state index contributed by atoms with van der Waals surface area (Å²) in [5.74, 6) is -0.952. The quantitative estimate of drug-likeness (QED) is 0.653. The van der Waals surface area contributed by atoms with Crippen molar-refractivity contribution >= 4 is 11.9 Å². The molecule has 2 aliphatic rings. The van der Waals surface area contributed by atoms with Crippen LogP contribution in [-0.4, -0.2) is 49.3 Å². The Balaban J connectivity index is 1.70. The molecule has 3 N–H and O–H groups in total. The number of hydrogen-bond donors (Lipinski definition) is 3. The Labute approximate surface area is 112 Å². The van der Waals surface area contributed by atoms with Crippen molar-refractivity contribution in [3.63, 3.8) is 0 Å². The molecule has 0 saturated carbocycles. The van der Waals surface area contributed by atoms with Crippen LogP contribution in [0.4, 0.5) is 0 Å². The standard InChI is InChI=1S/C13H22N2O4/c16-12(2-1-9-3-5-14-6-4-9)15-11-8-19-7-10(11)13(17)18/h9-11,14H,1-8H2,(H,15,16)(H,17,18). The largest absolute Gasteiger partial charge is 0.481 e. The van der Waals surface area contributed by atoms with Crippen molar-refractivity contribution in [2.75, 3.05) is 26.3 Å². The third kappa shape index (κ3) is 4.18. The molecule has 0 aromatic carbocycles. The average molecular weight is 270 g/mol. The molecular formula is C13H22N2O4. The molecule has 2 aliphatic heterocycles. The summed E-state index contributed by atoms with van der Waals surface area (Å²) in [4.78, 5) is 22.8. The summed E-state index contributed by atoms with van der Waals surface area (Å²) in [6, 6.07) is -0.377. The van der Waals surface area contributed by atoms with Crippen LogP contribution < -0.4 is 10.6 Å². The fourth-order valence-electron chi connectivity index (χ4n) is 2.72. The third-order valence-electron chi connectivity index (χ3n) is 3.98. The highest BCUT2D eigenvalue weighted by atomic mass is 16.5.